The van der Waals surface area contributed by atoms with Crippen molar-refractivity contribution in [3.63, 3.8) is 0 Å². The standard InChI is InChI=1S/C18H24FN3/c1-11-3-4-15-13(9-11)17-16(12-5-7-22(2)8-6-12)14(19)10-20-18(17)21-15/h10-12H,3-9H2,1-2H3,(H,20,21). The summed E-state index contributed by atoms with van der Waals surface area (Å²) in [6.07, 6.45) is 6.85. The highest BCUT2D eigenvalue weighted by atomic mass is 19.1. The Labute approximate surface area is 130 Å². The molecule has 1 N–H and O–H groups in total. The van der Waals surface area contributed by atoms with Crippen LogP contribution in [-0.2, 0) is 12.8 Å². The number of nitrogens with one attached hydrogen (secondary N) is 1. The molecule has 0 spiro atoms. The van der Waals surface area contributed by atoms with Gasteiger partial charge in [0.05, 0.1) is 6.20 Å². The van der Waals surface area contributed by atoms with Crippen LogP contribution < -0.4 is 0 Å². The summed E-state index contributed by atoms with van der Waals surface area (Å²) in [7, 11) is 2.15. The van der Waals surface area contributed by atoms with Crippen LogP contribution in [0.1, 0.15) is 48.9 Å². The second kappa shape index (κ2) is 5.34. The number of piperidine rings is 1. The second-order valence-corrected chi connectivity index (χ2v) is 7.25. The number of halogens is 1. The van der Waals surface area contributed by atoms with Crippen molar-refractivity contribution >= 4 is 11.0 Å². The SMILES string of the molecule is CC1CCc2[nH]c3ncc(F)c(C4CCN(C)CC4)c3c2C1. The number of aromatic nitrogens is 2. The zero-order valence-corrected chi connectivity index (χ0v) is 13.5. The molecule has 1 unspecified atom stereocenters. The van der Waals surface area contributed by atoms with Crippen LogP contribution in [0.5, 0.6) is 0 Å². The Morgan fingerprint density at radius 2 is 2.05 bits per heavy atom. The molecule has 0 bridgehead atoms. The van der Waals surface area contributed by atoms with Crippen molar-refractivity contribution in [3.05, 3.63) is 28.8 Å². The summed E-state index contributed by atoms with van der Waals surface area (Å²) in [5, 5.41) is 1.11. The van der Waals surface area contributed by atoms with Gasteiger partial charge in [-0.05, 0) is 69.6 Å². The quantitative estimate of drug-likeness (QED) is 0.872. The number of aromatic amines is 1. The van der Waals surface area contributed by atoms with Gasteiger partial charge in [0.15, 0.2) is 0 Å². The lowest BCUT2D eigenvalue weighted by molar-refractivity contribution is 0.253. The molecule has 3 nitrogen and oxygen atoms in total. The van der Waals surface area contributed by atoms with E-state index in [9.17, 15) is 4.39 Å². The molecule has 4 rings (SSSR count). The third kappa shape index (κ3) is 2.24. The fraction of sp³-hybridized carbons (Fsp3) is 0.611. The van der Waals surface area contributed by atoms with E-state index in [0.717, 1.165) is 55.4 Å². The third-order valence-electron chi connectivity index (χ3n) is 5.57. The molecule has 0 radical (unpaired) electrons. The van der Waals surface area contributed by atoms with Gasteiger partial charge in [-0.3, -0.25) is 0 Å². The fourth-order valence-electron chi connectivity index (χ4n) is 4.25. The number of fused-ring (bicyclic) bond motifs is 3. The van der Waals surface area contributed by atoms with Crippen molar-refractivity contribution < 1.29 is 4.39 Å². The first-order chi connectivity index (χ1) is 10.6. The highest BCUT2D eigenvalue weighted by Gasteiger charge is 2.28. The van der Waals surface area contributed by atoms with Crippen LogP contribution in [0.2, 0.25) is 0 Å². The number of pyridine rings is 1. The van der Waals surface area contributed by atoms with Gasteiger partial charge in [0.2, 0.25) is 0 Å². The molecular weight excluding hydrogens is 277 g/mol. The lowest BCUT2D eigenvalue weighted by Crippen LogP contribution is -2.29. The fourth-order valence-corrected chi connectivity index (χ4v) is 4.25. The van der Waals surface area contributed by atoms with Crippen LogP contribution >= 0.6 is 0 Å². The Hall–Kier alpha value is -1.42. The van der Waals surface area contributed by atoms with Gasteiger partial charge in [-0.15, -0.1) is 0 Å². The van der Waals surface area contributed by atoms with Gasteiger partial charge >= 0.3 is 0 Å². The van der Waals surface area contributed by atoms with Crippen LogP contribution in [0.15, 0.2) is 6.20 Å². The van der Waals surface area contributed by atoms with Crippen LogP contribution in [-0.4, -0.2) is 35.0 Å². The van der Waals surface area contributed by atoms with Crippen molar-refractivity contribution in [2.24, 2.45) is 5.92 Å². The maximum atomic E-state index is 14.7. The lowest BCUT2D eigenvalue weighted by atomic mass is 9.83. The van der Waals surface area contributed by atoms with Crippen molar-refractivity contribution in [2.45, 2.75) is 44.9 Å². The van der Waals surface area contributed by atoms with Crippen molar-refractivity contribution in [2.75, 3.05) is 20.1 Å². The summed E-state index contributed by atoms with van der Waals surface area (Å²) >= 11 is 0. The predicted octanol–water partition coefficient (Wildman–Crippen LogP) is 3.64. The van der Waals surface area contributed by atoms with Gasteiger partial charge in [-0.1, -0.05) is 6.92 Å². The molecule has 2 aromatic heterocycles. The molecule has 22 heavy (non-hydrogen) atoms. The molecule has 1 aliphatic carbocycles. The molecule has 2 aromatic rings. The van der Waals surface area contributed by atoms with E-state index in [4.69, 9.17) is 0 Å². The van der Waals surface area contributed by atoms with E-state index in [1.165, 1.54) is 23.9 Å². The number of likely N-dealkylation sites (tertiary alicyclic amines) is 1. The molecule has 1 saturated heterocycles. The maximum Gasteiger partial charge on any atom is 0.145 e. The van der Waals surface area contributed by atoms with Gasteiger partial charge in [0, 0.05) is 16.6 Å². The van der Waals surface area contributed by atoms with Crippen LogP contribution in [0, 0.1) is 11.7 Å². The van der Waals surface area contributed by atoms with Gasteiger partial charge in [-0.2, -0.15) is 0 Å². The van der Waals surface area contributed by atoms with Gasteiger partial charge in [-0.25, -0.2) is 9.37 Å². The molecule has 1 fully saturated rings. The molecule has 4 heteroatoms. The number of hydrogen-bond donors (Lipinski definition) is 1. The lowest BCUT2D eigenvalue weighted by Gasteiger charge is -2.30. The van der Waals surface area contributed by atoms with Gasteiger partial charge in [0.1, 0.15) is 11.5 Å². The molecule has 2 aliphatic rings. The average molecular weight is 301 g/mol. The molecule has 1 aliphatic heterocycles. The Bertz CT molecular complexity index is 698. The first kappa shape index (κ1) is 14.2. The highest BCUT2D eigenvalue weighted by molar-refractivity contribution is 5.86. The van der Waals surface area contributed by atoms with E-state index < -0.39 is 0 Å². The summed E-state index contributed by atoms with van der Waals surface area (Å²) in [6.45, 7) is 4.40. The Kier molecular flexibility index (Phi) is 3.44. The first-order valence-corrected chi connectivity index (χ1v) is 8.50. The van der Waals surface area contributed by atoms with Crippen LogP contribution in [0.4, 0.5) is 4.39 Å². The van der Waals surface area contributed by atoms with E-state index >= 15 is 0 Å². The molecule has 3 heterocycles. The molecule has 0 aromatic carbocycles. The van der Waals surface area contributed by atoms with E-state index in [-0.39, 0.29) is 5.82 Å². The Morgan fingerprint density at radius 3 is 2.82 bits per heavy atom. The first-order valence-electron chi connectivity index (χ1n) is 8.50. The number of rotatable bonds is 1. The average Bonchev–Trinajstić information content (AvgIpc) is 2.86. The van der Waals surface area contributed by atoms with Gasteiger partial charge in [0.25, 0.3) is 0 Å². The number of hydrogen-bond acceptors (Lipinski definition) is 2. The Balaban J connectivity index is 1.86. The molecule has 1 atom stereocenters. The minimum atomic E-state index is -0.109. The van der Waals surface area contributed by atoms with Crippen molar-refractivity contribution in [1.82, 2.24) is 14.9 Å². The van der Waals surface area contributed by atoms with E-state index in [1.807, 2.05) is 0 Å². The zero-order valence-electron chi connectivity index (χ0n) is 13.5. The predicted molar refractivity (Wildman–Crippen MR) is 86.7 cm³/mol. The van der Waals surface area contributed by atoms with Crippen LogP contribution in [0.25, 0.3) is 11.0 Å². The third-order valence-corrected chi connectivity index (χ3v) is 5.57. The number of nitrogens with zero attached hydrogens (tertiary/aromatic N) is 2. The summed E-state index contributed by atoms with van der Waals surface area (Å²) < 4.78 is 14.7. The summed E-state index contributed by atoms with van der Waals surface area (Å²) in [5.74, 6) is 0.904. The second-order valence-electron chi connectivity index (χ2n) is 7.25. The minimum absolute atomic E-state index is 0.109. The number of H-pyrrole nitrogens is 1. The van der Waals surface area contributed by atoms with Gasteiger partial charge < -0.3 is 9.88 Å². The monoisotopic (exact) mass is 301 g/mol. The Morgan fingerprint density at radius 1 is 1.27 bits per heavy atom. The minimum Gasteiger partial charge on any atom is -0.343 e. The van der Waals surface area contributed by atoms with Crippen molar-refractivity contribution in [1.29, 1.82) is 0 Å². The summed E-state index contributed by atoms with van der Waals surface area (Å²) in [6, 6.07) is 0. The van der Waals surface area contributed by atoms with E-state index in [0.29, 0.717) is 11.8 Å². The van der Waals surface area contributed by atoms with Crippen LogP contribution in [0.3, 0.4) is 0 Å². The van der Waals surface area contributed by atoms with E-state index in [2.05, 4.69) is 28.8 Å². The molecular formula is C18H24FN3. The summed E-state index contributed by atoms with van der Waals surface area (Å²) in [4.78, 5) is 10.1. The maximum absolute atomic E-state index is 14.7. The molecule has 118 valence electrons. The van der Waals surface area contributed by atoms with Crippen molar-refractivity contribution in [3.8, 4) is 0 Å². The normalized spacial score (nSPS) is 23.9. The van der Waals surface area contributed by atoms with E-state index in [1.54, 1.807) is 0 Å². The molecule has 0 amide bonds. The molecule has 0 saturated carbocycles. The summed E-state index contributed by atoms with van der Waals surface area (Å²) in [5.41, 5.74) is 4.47. The smallest absolute Gasteiger partial charge is 0.145 e. The largest absolute Gasteiger partial charge is 0.343 e. The number of aryl methyl sites for hydroxylation is 1. The highest BCUT2D eigenvalue weighted by Crippen LogP contribution is 2.39. The zero-order chi connectivity index (χ0) is 15.3. The topological polar surface area (TPSA) is 31.9 Å².